The summed E-state index contributed by atoms with van der Waals surface area (Å²) in [6.45, 7) is 2.54. The van der Waals surface area contributed by atoms with Gasteiger partial charge in [-0.15, -0.1) is 0 Å². The highest BCUT2D eigenvalue weighted by atomic mass is 35.5. The Bertz CT molecular complexity index is 772. The average Bonchev–Trinajstić information content (AvgIpc) is 2.83. The molecule has 1 aromatic carbocycles. The SMILES string of the molecule is CCOc1ccc(Nc2cc(Cl)nn3c(F)cnc23)cc1. The van der Waals surface area contributed by atoms with Crippen molar-refractivity contribution < 1.29 is 9.13 Å². The maximum Gasteiger partial charge on any atom is 0.234 e. The molecule has 0 saturated carbocycles. The Morgan fingerprint density at radius 3 is 2.81 bits per heavy atom. The van der Waals surface area contributed by atoms with E-state index in [1.165, 1.54) is 0 Å². The van der Waals surface area contributed by atoms with Gasteiger partial charge in [0.15, 0.2) is 10.8 Å². The highest BCUT2D eigenvalue weighted by Gasteiger charge is 2.10. The summed E-state index contributed by atoms with van der Waals surface area (Å²) in [5.74, 6) is 0.218. The summed E-state index contributed by atoms with van der Waals surface area (Å²) < 4.78 is 20.0. The number of ether oxygens (including phenoxy) is 1. The van der Waals surface area contributed by atoms with Gasteiger partial charge in [-0.1, -0.05) is 11.6 Å². The Kier molecular flexibility index (Phi) is 3.62. The minimum absolute atomic E-state index is 0.174. The second kappa shape index (κ2) is 5.57. The molecule has 0 unspecified atom stereocenters. The van der Waals surface area contributed by atoms with E-state index in [4.69, 9.17) is 16.3 Å². The van der Waals surface area contributed by atoms with Gasteiger partial charge < -0.3 is 10.1 Å². The van der Waals surface area contributed by atoms with E-state index < -0.39 is 5.95 Å². The molecule has 21 heavy (non-hydrogen) atoms. The Labute approximate surface area is 125 Å². The fraction of sp³-hybridized carbons (Fsp3) is 0.143. The van der Waals surface area contributed by atoms with Gasteiger partial charge >= 0.3 is 0 Å². The molecule has 0 spiro atoms. The fourth-order valence-corrected chi connectivity index (χ4v) is 2.15. The average molecular weight is 307 g/mol. The molecule has 0 aliphatic carbocycles. The molecule has 5 nitrogen and oxygen atoms in total. The lowest BCUT2D eigenvalue weighted by molar-refractivity contribution is 0.340. The van der Waals surface area contributed by atoms with Crippen LogP contribution in [0, 0.1) is 5.95 Å². The van der Waals surface area contributed by atoms with Crippen molar-refractivity contribution in [2.75, 3.05) is 11.9 Å². The largest absolute Gasteiger partial charge is 0.494 e. The molecule has 3 aromatic rings. The van der Waals surface area contributed by atoms with Crippen LogP contribution in [-0.4, -0.2) is 21.2 Å². The summed E-state index contributed by atoms with van der Waals surface area (Å²) in [5.41, 5.74) is 1.75. The molecule has 2 heterocycles. The first kappa shape index (κ1) is 13.6. The molecule has 0 aliphatic heterocycles. The van der Waals surface area contributed by atoms with Crippen molar-refractivity contribution in [3.05, 3.63) is 47.6 Å². The lowest BCUT2D eigenvalue weighted by Gasteiger charge is -2.09. The van der Waals surface area contributed by atoms with Crippen molar-refractivity contribution >= 4 is 28.6 Å². The van der Waals surface area contributed by atoms with Crippen LogP contribution in [0.4, 0.5) is 15.8 Å². The number of benzene rings is 1. The van der Waals surface area contributed by atoms with Gasteiger partial charge in [0.25, 0.3) is 0 Å². The third-order valence-electron chi connectivity index (χ3n) is 2.84. The van der Waals surface area contributed by atoms with Gasteiger partial charge in [-0.3, -0.25) is 0 Å². The van der Waals surface area contributed by atoms with E-state index in [-0.39, 0.29) is 5.15 Å². The standard InChI is InChI=1S/C14H12ClFN4O/c1-2-21-10-5-3-9(4-6-10)18-11-7-12(15)19-20-13(16)8-17-14(11)20/h3-8,18H,2H2,1H3. The summed E-state index contributed by atoms with van der Waals surface area (Å²) in [5, 5.41) is 7.17. The van der Waals surface area contributed by atoms with Crippen LogP contribution in [0.25, 0.3) is 5.65 Å². The first-order valence-corrected chi connectivity index (χ1v) is 6.75. The zero-order valence-electron chi connectivity index (χ0n) is 11.2. The van der Waals surface area contributed by atoms with Crippen molar-refractivity contribution in [1.82, 2.24) is 14.6 Å². The van der Waals surface area contributed by atoms with Crippen LogP contribution in [0.2, 0.25) is 5.15 Å². The Hall–Kier alpha value is -2.34. The molecule has 7 heteroatoms. The lowest BCUT2D eigenvalue weighted by atomic mass is 10.3. The summed E-state index contributed by atoms with van der Waals surface area (Å²) in [6, 6.07) is 9.00. The number of imidazole rings is 1. The molecular formula is C14H12ClFN4O. The first-order chi connectivity index (χ1) is 10.2. The normalized spacial score (nSPS) is 10.8. The molecular weight excluding hydrogens is 295 g/mol. The first-order valence-electron chi connectivity index (χ1n) is 6.37. The topological polar surface area (TPSA) is 51.5 Å². The molecule has 0 aliphatic rings. The Morgan fingerprint density at radius 2 is 2.10 bits per heavy atom. The van der Waals surface area contributed by atoms with Crippen LogP contribution in [-0.2, 0) is 0 Å². The van der Waals surface area contributed by atoms with Crippen LogP contribution in [0.1, 0.15) is 6.92 Å². The number of aromatic nitrogens is 3. The van der Waals surface area contributed by atoms with E-state index in [0.717, 1.165) is 22.1 Å². The molecule has 0 amide bonds. The van der Waals surface area contributed by atoms with Gasteiger partial charge in [0, 0.05) is 11.8 Å². The number of rotatable bonds is 4. The molecule has 0 saturated heterocycles. The van der Waals surface area contributed by atoms with Gasteiger partial charge in [-0.05, 0) is 31.2 Å². The molecule has 3 rings (SSSR count). The molecule has 0 fully saturated rings. The van der Waals surface area contributed by atoms with Crippen LogP contribution in [0.15, 0.2) is 36.5 Å². The zero-order chi connectivity index (χ0) is 14.8. The fourth-order valence-electron chi connectivity index (χ4n) is 1.96. The van der Waals surface area contributed by atoms with Gasteiger partial charge in [0.1, 0.15) is 5.75 Å². The summed E-state index contributed by atoms with van der Waals surface area (Å²) in [7, 11) is 0. The number of nitrogens with zero attached hydrogens (tertiary/aromatic N) is 3. The predicted octanol–water partition coefficient (Wildman–Crippen LogP) is 3.66. The van der Waals surface area contributed by atoms with Crippen molar-refractivity contribution in [3.8, 4) is 5.75 Å². The number of nitrogens with one attached hydrogen (secondary N) is 1. The maximum absolute atomic E-state index is 13.5. The third kappa shape index (κ3) is 2.75. The zero-order valence-corrected chi connectivity index (χ0v) is 11.9. The third-order valence-corrected chi connectivity index (χ3v) is 3.03. The molecule has 0 atom stereocenters. The summed E-state index contributed by atoms with van der Waals surface area (Å²) in [6.07, 6.45) is 1.10. The molecule has 0 radical (unpaired) electrons. The smallest absolute Gasteiger partial charge is 0.234 e. The van der Waals surface area contributed by atoms with Crippen LogP contribution in [0.5, 0.6) is 5.75 Å². The van der Waals surface area contributed by atoms with Crippen LogP contribution < -0.4 is 10.1 Å². The quantitative estimate of drug-likeness (QED) is 0.799. The van der Waals surface area contributed by atoms with Crippen molar-refractivity contribution in [3.63, 3.8) is 0 Å². The monoisotopic (exact) mass is 306 g/mol. The molecule has 108 valence electrons. The van der Waals surface area contributed by atoms with Crippen molar-refractivity contribution in [2.45, 2.75) is 6.92 Å². The Balaban J connectivity index is 1.94. The number of fused-ring (bicyclic) bond motifs is 1. The van der Waals surface area contributed by atoms with Gasteiger partial charge in [-0.2, -0.15) is 14.0 Å². The summed E-state index contributed by atoms with van der Waals surface area (Å²) in [4.78, 5) is 3.98. The van der Waals surface area contributed by atoms with E-state index in [0.29, 0.717) is 17.9 Å². The molecule has 0 bridgehead atoms. The van der Waals surface area contributed by atoms with Crippen LogP contribution >= 0.6 is 11.6 Å². The van der Waals surface area contributed by atoms with E-state index >= 15 is 0 Å². The highest BCUT2D eigenvalue weighted by Crippen LogP contribution is 2.25. The van der Waals surface area contributed by atoms with Crippen LogP contribution in [0.3, 0.4) is 0 Å². The lowest BCUT2D eigenvalue weighted by Crippen LogP contribution is -2.00. The van der Waals surface area contributed by atoms with E-state index in [2.05, 4.69) is 15.4 Å². The highest BCUT2D eigenvalue weighted by molar-refractivity contribution is 6.29. The number of anilines is 2. The maximum atomic E-state index is 13.5. The van der Waals surface area contributed by atoms with Gasteiger partial charge in [0.2, 0.25) is 5.95 Å². The second-order valence-corrected chi connectivity index (χ2v) is 4.67. The number of hydrogen-bond donors (Lipinski definition) is 1. The van der Waals surface area contributed by atoms with Gasteiger partial charge in [0.05, 0.1) is 18.5 Å². The minimum atomic E-state index is -0.567. The van der Waals surface area contributed by atoms with E-state index in [1.807, 2.05) is 31.2 Å². The second-order valence-electron chi connectivity index (χ2n) is 4.28. The molecule has 1 N–H and O–H groups in total. The number of halogens is 2. The van der Waals surface area contributed by atoms with Crippen molar-refractivity contribution in [1.29, 1.82) is 0 Å². The Morgan fingerprint density at radius 1 is 1.33 bits per heavy atom. The van der Waals surface area contributed by atoms with E-state index in [1.54, 1.807) is 6.07 Å². The number of hydrogen-bond acceptors (Lipinski definition) is 4. The summed E-state index contributed by atoms with van der Waals surface area (Å²) >= 11 is 5.90. The van der Waals surface area contributed by atoms with Crippen molar-refractivity contribution in [2.24, 2.45) is 0 Å². The van der Waals surface area contributed by atoms with E-state index in [9.17, 15) is 4.39 Å². The molecule has 2 aromatic heterocycles. The minimum Gasteiger partial charge on any atom is -0.494 e. The van der Waals surface area contributed by atoms with Gasteiger partial charge in [-0.25, -0.2) is 4.98 Å². The predicted molar refractivity (Wildman–Crippen MR) is 78.8 cm³/mol.